The fraction of sp³-hybridized carbons (Fsp3) is 0.562. The Morgan fingerprint density at radius 2 is 2.00 bits per heavy atom. The molecule has 4 heteroatoms. The Kier molecular flexibility index (Phi) is 4.78. The van der Waals surface area contributed by atoms with Crippen LogP contribution in [0.2, 0.25) is 0 Å². The molecule has 4 nitrogen and oxygen atoms in total. The topological polar surface area (TPSA) is 43.8 Å². The summed E-state index contributed by atoms with van der Waals surface area (Å²) in [5, 5.41) is 9.91. The number of hydrogen-bond acceptors (Lipinski definition) is 3. The van der Waals surface area contributed by atoms with Crippen molar-refractivity contribution in [2.24, 2.45) is 5.92 Å². The van der Waals surface area contributed by atoms with Crippen LogP contribution < -0.4 is 0 Å². The molecule has 1 aromatic carbocycles. The van der Waals surface area contributed by atoms with Gasteiger partial charge in [0.1, 0.15) is 0 Å². The number of amides is 1. The normalized spacial score (nSPS) is 23.6. The Labute approximate surface area is 121 Å². The van der Waals surface area contributed by atoms with Gasteiger partial charge in [-0.3, -0.25) is 9.69 Å². The lowest BCUT2D eigenvalue weighted by molar-refractivity contribution is 0.0259. The molecule has 1 amide bonds. The molecule has 1 saturated heterocycles. The maximum atomic E-state index is 11.8. The monoisotopic (exact) mass is 276 g/mol. The molecule has 2 unspecified atom stereocenters. The molecule has 0 aromatic heterocycles. The van der Waals surface area contributed by atoms with Gasteiger partial charge in [0.25, 0.3) is 5.91 Å². The molecule has 1 aliphatic rings. The first-order valence-corrected chi connectivity index (χ1v) is 7.18. The number of β-amino-alcohol motifs (C(OH)–C–C–N with tert-alkyl or cyclic N) is 1. The van der Waals surface area contributed by atoms with Gasteiger partial charge in [-0.1, -0.05) is 19.1 Å². The van der Waals surface area contributed by atoms with Crippen molar-refractivity contribution in [1.29, 1.82) is 0 Å². The van der Waals surface area contributed by atoms with Gasteiger partial charge in [0.2, 0.25) is 0 Å². The van der Waals surface area contributed by atoms with Crippen LogP contribution in [0.3, 0.4) is 0 Å². The van der Waals surface area contributed by atoms with E-state index in [0.29, 0.717) is 11.5 Å². The van der Waals surface area contributed by atoms with Gasteiger partial charge in [0, 0.05) is 32.7 Å². The van der Waals surface area contributed by atoms with Gasteiger partial charge in [-0.2, -0.15) is 0 Å². The van der Waals surface area contributed by atoms with E-state index in [1.54, 1.807) is 19.0 Å². The SMILES string of the molecule is CC1CCN(Cc2ccc(C(=O)N(C)C)cc2)CC1O. The van der Waals surface area contributed by atoms with Crippen LogP contribution in [0.4, 0.5) is 0 Å². The fourth-order valence-corrected chi connectivity index (χ4v) is 2.53. The Hall–Kier alpha value is -1.39. The van der Waals surface area contributed by atoms with Gasteiger partial charge >= 0.3 is 0 Å². The molecule has 1 N–H and O–H groups in total. The average Bonchev–Trinajstić information content (AvgIpc) is 2.43. The van der Waals surface area contributed by atoms with Gasteiger partial charge in [0.15, 0.2) is 0 Å². The lowest BCUT2D eigenvalue weighted by Crippen LogP contribution is -2.42. The molecule has 2 rings (SSSR count). The molecule has 2 atom stereocenters. The minimum Gasteiger partial charge on any atom is -0.392 e. The Morgan fingerprint density at radius 3 is 2.55 bits per heavy atom. The molecule has 20 heavy (non-hydrogen) atoms. The molecule has 0 radical (unpaired) electrons. The van der Waals surface area contributed by atoms with Crippen LogP contribution >= 0.6 is 0 Å². The number of rotatable bonds is 3. The number of aliphatic hydroxyl groups is 1. The number of carbonyl (C=O) groups is 1. The van der Waals surface area contributed by atoms with Crippen molar-refractivity contribution in [1.82, 2.24) is 9.80 Å². The Morgan fingerprint density at radius 1 is 1.35 bits per heavy atom. The van der Waals surface area contributed by atoms with Crippen molar-refractivity contribution in [2.75, 3.05) is 27.2 Å². The van der Waals surface area contributed by atoms with Gasteiger partial charge < -0.3 is 10.0 Å². The zero-order valence-electron chi connectivity index (χ0n) is 12.5. The first-order chi connectivity index (χ1) is 9.47. The largest absolute Gasteiger partial charge is 0.392 e. The third-order valence-corrected chi connectivity index (χ3v) is 4.02. The van der Waals surface area contributed by atoms with E-state index in [-0.39, 0.29) is 12.0 Å². The van der Waals surface area contributed by atoms with Crippen molar-refractivity contribution in [3.05, 3.63) is 35.4 Å². The summed E-state index contributed by atoms with van der Waals surface area (Å²) >= 11 is 0. The number of likely N-dealkylation sites (tertiary alicyclic amines) is 1. The summed E-state index contributed by atoms with van der Waals surface area (Å²) in [6.45, 7) is 4.69. The third kappa shape index (κ3) is 3.58. The summed E-state index contributed by atoms with van der Waals surface area (Å²) in [6, 6.07) is 7.75. The van der Waals surface area contributed by atoms with Crippen molar-refractivity contribution in [3.63, 3.8) is 0 Å². The van der Waals surface area contributed by atoms with Crippen LogP contribution in [0.5, 0.6) is 0 Å². The number of nitrogens with zero attached hydrogens (tertiary/aromatic N) is 2. The maximum absolute atomic E-state index is 11.8. The number of benzene rings is 1. The molecule has 0 saturated carbocycles. The number of hydrogen-bond donors (Lipinski definition) is 1. The van der Waals surface area contributed by atoms with Crippen LogP contribution in [-0.4, -0.2) is 54.1 Å². The Balaban J connectivity index is 1.96. The minimum atomic E-state index is -0.224. The van der Waals surface area contributed by atoms with Crippen molar-refractivity contribution >= 4 is 5.91 Å². The van der Waals surface area contributed by atoms with E-state index in [1.807, 2.05) is 24.3 Å². The van der Waals surface area contributed by atoms with Crippen LogP contribution in [0.15, 0.2) is 24.3 Å². The Bertz CT molecular complexity index is 456. The fourth-order valence-electron chi connectivity index (χ4n) is 2.53. The third-order valence-electron chi connectivity index (χ3n) is 4.02. The summed E-state index contributed by atoms with van der Waals surface area (Å²) in [5.41, 5.74) is 1.90. The highest BCUT2D eigenvalue weighted by atomic mass is 16.3. The second kappa shape index (κ2) is 6.37. The molecule has 110 valence electrons. The number of piperidine rings is 1. The van der Waals surface area contributed by atoms with Crippen molar-refractivity contribution in [2.45, 2.75) is 26.0 Å². The van der Waals surface area contributed by atoms with Crippen LogP contribution in [-0.2, 0) is 6.54 Å². The molecule has 0 spiro atoms. The highest BCUT2D eigenvalue weighted by Crippen LogP contribution is 2.19. The van der Waals surface area contributed by atoms with E-state index in [4.69, 9.17) is 0 Å². The van der Waals surface area contributed by atoms with Gasteiger partial charge in [0.05, 0.1) is 6.10 Å². The van der Waals surface area contributed by atoms with Crippen LogP contribution in [0, 0.1) is 5.92 Å². The molecule has 1 heterocycles. The number of carbonyl (C=O) groups excluding carboxylic acids is 1. The minimum absolute atomic E-state index is 0.0266. The zero-order valence-corrected chi connectivity index (χ0v) is 12.5. The van der Waals surface area contributed by atoms with Crippen molar-refractivity contribution in [3.8, 4) is 0 Å². The lowest BCUT2D eigenvalue weighted by Gasteiger charge is -2.34. The summed E-state index contributed by atoms with van der Waals surface area (Å²) in [4.78, 5) is 15.7. The summed E-state index contributed by atoms with van der Waals surface area (Å²) < 4.78 is 0. The molecule has 0 bridgehead atoms. The zero-order chi connectivity index (χ0) is 14.7. The molecule has 0 aliphatic carbocycles. The van der Waals surface area contributed by atoms with E-state index < -0.39 is 0 Å². The highest BCUT2D eigenvalue weighted by Gasteiger charge is 2.24. The van der Waals surface area contributed by atoms with E-state index >= 15 is 0 Å². The standard InChI is InChI=1S/C16H24N2O2/c1-12-8-9-18(11-15(12)19)10-13-4-6-14(7-5-13)16(20)17(2)3/h4-7,12,15,19H,8-11H2,1-3H3. The van der Waals surface area contributed by atoms with Gasteiger partial charge in [-0.25, -0.2) is 0 Å². The summed E-state index contributed by atoms with van der Waals surface area (Å²) in [5.74, 6) is 0.421. The van der Waals surface area contributed by atoms with E-state index in [0.717, 1.165) is 26.1 Å². The molecular weight excluding hydrogens is 252 g/mol. The van der Waals surface area contributed by atoms with Gasteiger partial charge in [-0.05, 0) is 36.6 Å². The molecule has 1 aromatic rings. The van der Waals surface area contributed by atoms with E-state index in [1.165, 1.54) is 5.56 Å². The second-order valence-electron chi connectivity index (χ2n) is 5.96. The molecular formula is C16H24N2O2. The lowest BCUT2D eigenvalue weighted by atomic mass is 9.95. The van der Waals surface area contributed by atoms with Gasteiger partial charge in [-0.15, -0.1) is 0 Å². The summed E-state index contributed by atoms with van der Waals surface area (Å²) in [6.07, 6.45) is 0.816. The first kappa shape index (κ1) is 15.0. The highest BCUT2D eigenvalue weighted by molar-refractivity contribution is 5.93. The maximum Gasteiger partial charge on any atom is 0.253 e. The summed E-state index contributed by atoms with van der Waals surface area (Å²) in [7, 11) is 3.51. The average molecular weight is 276 g/mol. The smallest absolute Gasteiger partial charge is 0.253 e. The van der Waals surface area contributed by atoms with Crippen LogP contribution in [0.1, 0.15) is 29.3 Å². The quantitative estimate of drug-likeness (QED) is 0.912. The van der Waals surface area contributed by atoms with E-state index in [2.05, 4.69) is 11.8 Å². The first-order valence-electron chi connectivity index (χ1n) is 7.18. The molecule has 1 aliphatic heterocycles. The molecule has 1 fully saturated rings. The van der Waals surface area contributed by atoms with E-state index in [9.17, 15) is 9.90 Å². The van der Waals surface area contributed by atoms with Crippen LogP contribution in [0.25, 0.3) is 0 Å². The predicted octanol–water partition coefficient (Wildman–Crippen LogP) is 1.59. The predicted molar refractivity (Wildman–Crippen MR) is 79.5 cm³/mol. The second-order valence-corrected chi connectivity index (χ2v) is 5.96. The number of aliphatic hydroxyl groups excluding tert-OH is 1. The van der Waals surface area contributed by atoms with Crippen molar-refractivity contribution < 1.29 is 9.90 Å².